The van der Waals surface area contributed by atoms with Crippen molar-refractivity contribution in [2.75, 3.05) is 19.6 Å². The molecule has 1 amide bonds. The van der Waals surface area contributed by atoms with E-state index in [1.807, 2.05) is 13.8 Å². The molecule has 0 aliphatic carbocycles. The Morgan fingerprint density at radius 2 is 2.17 bits per heavy atom. The maximum Gasteiger partial charge on any atom is 0.319 e. The molecule has 0 saturated carbocycles. The van der Waals surface area contributed by atoms with Gasteiger partial charge in [0, 0.05) is 25.5 Å². The Morgan fingerprint density at radius 1 is 1.50 bits per heavy atom. The Hall–Kier alpha value is -1.50. The van der Waals surface area contributed by atoms with Gasteiger partial charge in [-0.05, 0) is 13.8 Å². The first kappa shape index (κ1) is 14.6. The summed E-state index contributed by atoms with van der Waals surface area (Å²) in [7, 11) is 0. The highest BCUT2D eigenvalue weighted by atomic mass is 19.3. The lowest BCUT2D eigenvalue weighted by Gasteiger charge is -2.18. The number of aromatic nitrogens is 2. The molecule has 0 spiro atoms. The first-order valence-corrected chi connectivity index (χ1v) is 5.88. The van der Waals surface area contributed by atoms with Gasteiger partial charge in [-0.2, -0.15) is 8.78 Å². The van der Waals surface area contributed by atoms with Gasteiger partial charge in [-0.25, -0.2) is 4.98 Å². The van der Waals surface area contributed by atoms with Crippen LogP contribution in [0.25, 0.3) is 0 Å². The second-order valence-corrected chi connectivity index (χ2v) is 3.70. The summed E-state index contributed by atoms with van der Waals surface area (Å²) in [6.07, 6.45) is 2.53. The Kier molecular flexibility index (Phi) is 5.70. The average molecular weight is 260 g/mol. The lowest BCUT2D eigenvalue weighted by Crippen LogP contribution is -2.38. The number of carbonyl (C=O) groups excluding carboxylic acids is 1. The highest BCUT2D eigenvalue weighted by Crippen LogP contribution is 2.11. The molecular formula is C11H18F2N4O. The summed E-state index contributed by atoms with van der Waals surface area (Å²) < 4.78 is 25.8. The number of nitrogens with zero attached hydrogens (tertiary/aromatic N) is 3. The van der Waals surface area contributed by atoms with Crippen LogP contribution in [0.4, 0.5) is 8.78 Å². The number of hydrogen-bond acceptors (Lipinski definition) is 3. The van der Waals surface area contributed by atoms with Crippen LogP contribution in [0.15, 0.2) is 12.4 Å². The summed E-state index contributed by atoms with van der Waals surface area (Å²) >= 11 is 0. The van der Waals surface area contributed by atoms with Crippen LogP contribution in [0.1, 0.15) is 26.2 Å². The zero-order chi connectivity index (χ0) is 13.5. The van der Waals surface area contributed by atoms with Crippen molar-refractivity contribution in [2.45, 2.75) is 26.9 Å². The van der Waals surface area contributed by atoms with E-state index in [-0.39, 0.29) is 24.8 Å². The second-order valence-electron chi connectivity index (χ2n) is 3.70. The molecule has 102 valence electrons. The summed E-state index contributed by atoms with van der Waals surface area (Å²) in [4.78, 5) is 17.1. The van der Waals surface area contributed by atoms with E-state index >= 15 is 0 Å². The minimum atomic E-state index is -2.61. The lowest BCUT2D eigenvalue weighted by atomic mass is 10.4. The second kappa shape index (κ2) is 7.05. The number of carbonyl (C=O) groups is 1. The van der Waals surface area contributed by atoms with Crippen LogP contribution in [0, 0.1) is 0 Å². The van der Waals surface area contributed by atoms with E-state index in [1.165, 1.54) is 12.4 Å². The molecule has 1 rings (SSSR count). The molecule has 1 N–H and O–H groups in total. The van der Waals surface area contributed by atoms with Crippen molar-refractivity contribution in [2.24, 2.45) is 0 Å². The number of likely N-dealkylation sites (N-methyl/N-ethyl adjacent to an activating group) is 1. The van der Waals surface area contributed by atoms with Crippen molar-refractivity contribution in [3.05, 3.63) is 18.2 Å². The molecule has 1 aromatic heterocycles. The highest BCUT2D eigenvalue weighted by Gasteiger charge is 2.12. The molecule has 1 heterocycles. The van der Waals surface area contributed by atoms with Gasteiger partial charge in [0.25, 0.3) is 0 Å². The summed E-state index contributed by atoms with van der Waals surface area (Å²) in [5, 5.41) is 2.82. The van der Waals surface area contributed by atoms with Gasteiger partial charge in [0.15, 0.2) is 0 Å². The Balaban J connectivity index is 2.42. The summed E-state index contributed by atoms with van der Waals surface area (Å²) in [5.74, 6) is 0.174. The number of nitrogens with one attached hydrogen (secondary N) is 1. The standard InChI is InChI=1S/C11H18F2N4O/c1-3-16(4-2)10(18)8-14-7-9-15-5-6-17(9)11(12)13/h5-6,11,14H,3-4,7-8H2,1-2H3. The van der Waals surface area contributed by atoms with Crippen LogP contribution in [0.5, 0.6) is 0 Å². The fraction of sp³-hybridized carbons (Fsp3) is 0.636. The number of hydrogen-bond donors (Lipinski definition) is 1. The summed E-state index contributed by atoms with van der Waals surface area (Å²) in [6.45, 7) is 2.73. The topological polar surface area (TPSA) is 50.2 Å². The largest absolute Gasteiger partial charge is 0.342 e. The molecular weight excluding hydrogens is 242 g/mol. The highest BCUT2D eigenvalue weighted by molar-refractivity contribution is 5.78. The van der Waals surface area contributed by atoms with Gasteiger partial charge >= 0.3 is 6.55 Å². The van der Waals surface area contributed by atoms with E-state index in [0.29, 0.717) is 13.1 Å². The van der Waals surface area contributed by atoms with E-state index in [0.717, 1.165) is 4.57 Å². The molecule has 7 heteroatoms. The van der Waals surface area contributed by atoms with Crippen molar-refractivity contribution in [1.82, 2.24) is 19.8 Å². The zero-order valence-electron chi connectivity index (χ0n) is 10.6. The molecule has 0 unspecified atom stereocenters. The molecule has 0 radical (unpaired) electrons. The molecule has 0 atom stereocenters. The fourth-order valence-electron chi connectivity index (χ4n) is 1.63. The normalized spacial score (nSPS) is 10.9. The van der Waals surface area contributed by atoms with E-state index in [2.05, 4.69) is 10.3 Å². The molecule has 0 aliphatic rings. The van der Waals surface area contributed by atoms with Crippen LogP contribution in [0.3, 0.4) is 0 Å². The van der Waals surface area contributed by atoms with E-state index in [4.69, 9.17) is 0 Å². The van der Waals surface area contributed by atoms with Crippen molar-refractivity contribution < 1.29 is 13.6 Å². The number of halogens is 2. The maximum atomic E-state index is 12.5. The third-order valence-corrected chi connectivity index (χ3v) is 2.63. The fourth-order valence-corrected chi connectivity index (χ4v) is 1.63. The molecule has 18 heavy (non-hydrogen) atoms. The Bertz CT molecular complexity index is 377. The predicted molar refractivity (Wildman–Crippen MR) is 63.1 cm³/mol. The molecule has 0 aliphatic heterocycles. The van der Waals surface area contributed by atoms with Gasteiger partial charge < -0.3 is 10.2 Å². The molecule has 0 bridgehead atoms. The molecule has 5 nitrogen and oxygen atoms in total. The maximum absolute atomic E-state index is 12.5. The molecule has 0 fully saturated rings. The number of amides is 1. The number of alkyl halides is 2. The van der Waals surface area contributed by atoms with Crippen LogP contribution >= 0.6 is 0 Å². The van der Waals surface area contributed by atoms with E-state index in [9.17, 15) is 13.6 Å². The van der Waals surface area contributed by atoms with Gasteiger partial charge in [-0.3, -0.25) is 9.36 Å². The van der Waals surface area contributed by atoms with Crippen LogP contribution < -0.4 is 5.32 Å². The Morgan fingerprint density at radius 3 is 2.72 bits per heavy atom. The smallest absolute Gasteiger partial charge is 0.319 e. The Labute approximate surface area is 105 Å². The van der Waals surface area contributed by atoms with Gasteiger partial charge in [0.1, 0.15) is 5.82 Å². The monoisotopic (exact) mass is 260 g/mol. The summed E-state index contributed by atoms with van der Waals surface area (Å²) in [6, 6.07) is 0. The third kappa shape index (κ3) is 3.76. The van der Waals surface area contributed by atoms with Crippen molar-refractivity contribution >= 4 is 5.91 Å². The van der Waals surface area contributed by atoms with Crippen LogP contribution in [-0.2, 0) is 11.3 Å². The third-order valence-electron chi connectivity index (χ3n) is 2.63. The first-order chi connectivity index (χ1) is 8.60. The average Bonchev–Trinajstić information content (AvgIpc) is 2.79. The van der Waals surface area contributed by atoms with E-state index < -0.39 is 6.55 Å². The van der Waals surface area contributed by atoms with Gasteiger partial charge in [-0.1, -0.05) is 0 Å². The zero-order valence-corrected chi connectivity index (χ0v) is 10.6. The van der Waals surface area contributed by atoms with Crippen LogP contribution in [0.2, 0.25) is 0 Å². The first-order valence-electron chi connectivity index (χ1n) is 5.88. The van der Waals surface area contributed by atoms with Gasteiger partial charge in [0.05, 0.1) is 13.1 Å². The number of imidazole rings is 1. The van der Waals surface area contributed by atoms with Crippen molar-refractivity contribution in [1.29, 1.82) is 0 Å². The SMILES string of the molecule is CCN(CC)C(=O)CNCc1nccn1C(F)F. The van der Waals surface area contributed by atoms with Gasteiger partial charge in [0.2, 0.25) is 5.91 Å². The van der Waals surface area contributed by atoms with E-state index in [1.54, 1.807) is 4.90 Å². The van der Waals surface area contributed by atoms with Crippen molar-refractivity contribution in [3.63, 3.8) is 0 Å². The molecule has 0 saturated heterocycles. The molecule has 1 aromatic rings. The number of rotatable bonds is 7. The summed E-state index contributed by atoms with van der Waals surface area (Å²) in [5.41, 5.74) is 0. The lowest BCUT2D eigenvalue weighted by molar-refractivity contribution is -0.129. The quantitative estimate of drug-likeness (QED) is 0.802. The predicted octanol–water partition coefficient (Wildman–Crippen LogP) is 1.24. The minimum Gasteiger partial charge on any atom is -0.342 e. The van der Waals surface area contributed by atoms with Crippen LogP contribution in [-0.4, -0.2) is 40.0 Å². The van der Waals surface area contributed by atoms with Crippen molar-refractivity contribution in [3.8, 4) is 0 Å². The minimum absolute atomic E-state index is 0.0462. The molecule has 0 aromatic carbocycles. The van der Waals surface area contributed by atoms with Gasteiger partial charge in [-0.15, -0.1) is 0 Å².